The van der Waals surface area contributed by atoms with Gasteiger partial charge in [0.15, 0.2) is 0 Å². The second kappa shape index (κ2) is 8.65. The summed E-state index contributed by atoms with van der Waals surface area (Å²) in [7, 11) is 1.55. The highest BCUT2D eigenvalue weighted by molar-refractivity contribution is 7.18. The van der Waals surface area contributed by atoms with Gasteiger partial charge in [0.05, 0.1) is 28.1 Å². The summed E-state index contributed by atoms with van der Waals surface area (Å²) in [6.07, 6.45) is 2.62. The van der Waals surface area contributed by atoms with Crippen molar-refractivity contribution < 1.29 is 19.1 Å². The Morgan fingerprint density at radius 2 is 2.00 bits per heavy atom. The lowest BCUT2D eigenvalue weighted by atomic mass is 10.1. The number of halogens is 1. The average Bonchev–Trinajstić information content (AvgIpc) is 3.33. The van der Waals surface area contributed by atoms with Crippen molar-refractivity contribution in [3.05, 3.63) is 39.5 Å². The van der Waals surface area contributed by atoms with Crippen molar-refractivity contribution in [2.45, 2.75) is 31.7 Å². The molecule has 7 nitrogen and oxygen atoms in total. The highest BCUT2D eigenvalue weighted by Gasteiger charge is 2.33. The summed E-state index contributed by atoms with van der Waals surface area (Å²) in [5.74, 6) is 0.328. The largest absolute Gasteiger partial charge is 0.494 e. The molecule has 3 amide bonds. The van der Waals surface area contributed by atoms with E-state index in [9.17, 15) is 14.4 Å². The van der Waals surface area contributed by atoms with E-state index < -0.39 is 0 Å². The van der Waals surface area contributed by atoms with Gasteiger partial charge in [0.25, 0.3) is 5.91 Å². The number of benzene rings is 1. The molecule has 30 heavy (non-hydrogen) atoms. The fourth-order valence-corrected chi connectivity index (χ4v) is 4.81. The van der Waals surface area contributed by atoms with E-state index in [4.69, 9.17) is 16.3 Å². The van der Waals surface area contributed by atoms with E-state index in [0.717, 1.165) is 18.5 Å². The minimum Gasteiger partial charge on any atom is -0.494 e. The Morgan fingerprint density at radius 3 is 2.70 bits per heavy atom. The quantitative estimate of drug-likeness (QED) is 0.761. The lowest BCUT2D eigenvalue weighted by molar-refractivity contribution is -0.119. The summed E-state index contributed by atoms with van der Waals surface area (Å²) < 4.78 is 6.07. The van der Waals surface area contributed by atoms with Crippen LogP contribution >= 0.6 is 22.9 Å². The Hall–Kier alpha value is -2.58. The third kappa shape index (κ3) is 4.15. The van der Waals surface area contributed by atoms with Gasteiger partial charge in [0.2, 0.25) is 11.8 Å². The van der Waals surface area contributed by atoms with E-state index in [1.54, 1.807) is 35.1 Å². The first kappa shape index (κ1) is 20.7. The highest BCUT2D eigenvalue weighted by atomic mass is 35.5. The van der Waals surface area contributed by atoms with Crippen LogP contribution in [-0.2, 0) is 9.59 Å². The molecule has 1 aromatic heterocycles. The molecule has 2 aliphatic rings. The summed E-state index contributed by atoms with van der Waals surface area (Å²) >= 11 is 7.10. The molecule has 2 aliphatic heterocycles. The summed E-state index contributed by atoms with van der Waals surface area (Å²) in [6, 6.07) is 8.47. The number of nitrogens with zero attached hydrogens (tertiary/aromatic N) is 2. The number of anilines is 2. The van der Waals surface area contributed by atoms with Gasteiger partial charge in [-0.2, -0.15) is 0 Å². The van der Waals surface area contributed by atoms with Gasteiger partial charge in [-0.15, -0.1) is 11.3 Å². The van der Waals surface area contributed by atoms with Gasteiger partial charge in [-0.25, -0.2) is 0 Å². The van der Waals surface area contributed by atoms with Gasteiger partial charge in [0, 0.05) is 37.7 Å². The molecule has 0 spiro atoms. The van der Waals surface area contributed by atoms with Gasteiger partial charge in [-0.1, -0.05) is 11.6 Å². The molecule has 0 saturated carbocycles. The first-order valence-corrected chi connectivity index (χ1v) is 11.0. The third-order valence-electron chi connectivity index (χ3n) is 5.35. The van der Waals surface area contributed by atoms with Crippen molar-refractivity contribution >= 4 is 52.0 Å². The molecule has 0 bridgehead atoms. The monoisotopic (exact) mass is 447 g/mol. The van der Waals surface area contributed by atoms with Crippen LogP contribution in [0.25, 0.3) is 0 Å². The van der Waals surface area contributed by atoms with E-state index in [2.05, 4.69) is 5.32 Å². The summed E-state index contributed by atoms with van der Waals surface area (Å²) in [5, 5.41) is 2.90. The number of piperidine rings is 1. The van der Waals surface area contributed by atoms with Crippen LogP contribution in [0.15, 0.2) is 30.3 Å². The molecule has 1 N–H and O–H groups in total. The number of carbonyl (C=O) groups is 3. The van der Waals surface area contributed by atoms with E-state index in [0.29, 0.717) is 40.2 Å². The van der Waals surface area contributed by atoms with Crippen LogP contribution in [0.2, 0.25) is 4.34 Å². The zero-order chi connectivity index (χ0) is 21.3. The van der Waals surface area contributed by atoms with Crippen LogP contribution in [0, 0.1) is 0 Å². The summed E-state index contributed by atoms with van der Waals surface area (Å²) in [5.41, 5.74) is 1.40. The van der Waals surface area contributed by atoms with Crippen molar-refractivity contribution in [1.29, 1.82) is 0 Å². The minimum atomic E-state index is -0.291. The Kier molecular flexibility index (Phi) is 5.97. The second-order valence-electron chi connectivity index (χ2n) is 7.34. The van der Waals surface area contributed by atoms with Crippen LogP contribution < -0.4 is 19.9 Å². The normalized spacial score (nSPS) is 19.3. The third-order valence-corrected chi connectivity index (χ3v) is 6.58. The number of rotatable bonds is 5. The molecule has 3 heterocycles. The van der Waals surface area contributed by atoms with Crippen LogP contribution in [0.3, 0.4) is 0 Å². The van der Waals surface area contributed by atoms with Crippen LogP contribution in [0.4, 0.5) is 11.4 Å². The molecule has 0 radical (unpaired) electrons. The second-order valence-corrected chi connectivity index (χ2v) is 9.06. The van der Waals surface area contributed by atoms with E-state index in [1.807, 2.05) is 12.1 Å². The Morgan fingerprint density at radius 1 is 1.17 bits per heavy atom. The van der Waals surface area contributed by atoms with Gasteiger partial charge in [-0.3, -0.25) is 14.4 Å². The van der Waals surface area contributed by atoms with Gasteiger partial charge < -0.3 is 19.9 Å². The van der Waals surface area contributed by atoms with Crippen molar-refractivity contribution in [2.75, 3.05) is 30.0 Å². The molecule has 0 unspecified atom stereocenters. The molecular formula is C21H22ClN3O4S. The van der Waals surface area contributed by atoms with Crippen LogP contribution in [0.5, 0.6) is 5.75 Å². The van der Waals surface area contributed by atoms with Crippen molar-refractivity contribution in [2.24, 2.45) is 0 Å². The Labute approximate surface area is 183 Å². The smallest absolute Gasteiger partial charge is 0.261 e. The lowest BCUT2D eigenvalue weighted by Gasteiger charge is -2.29. The SMILES string of the molecule is COc1cc(N2C[C@H](NC(=O)c3ccc(Cl)s3)CC2=O)ccc1N1CCCCC1=O. The minimum absolute atomic E-state index is 0.0756. The highest BCUT2D eigenvalue weighted by Crippen LogP contribution is 2.35. The molecule has 1 aromatic carbocycles. The molecule has 2 fully saturated rings. The molecule has 2 aromatic rings. The summed E-state index contributed by atoms with van der Waals surface area (Å²) in [4.78, 5) is 41.1. The molecule has 1 atom stereocenters. The molecule has 4 rings (SSSR count). The number of nitrogens with one attached hydrogen (secondary N) is 1. The van der Waals surface area contributed by atoms with E-state index >= 15 is 0 Å². The van der Waals surface area contributed by atoms with Crippen molar-refractivity contribution in [3.63, 3.8) is 0 Å². The van der Waals surface area contributed by atoms with Crippen LogP contribution in [0.1, 0.15) is 35.4 Å². The predicted molar refractivity (Wildman–Crippen MR) is 117 cm³/mol. The molecular weight excluding hydrogens is 426 g/mol. The van der Waals surface area contributed by atoms with Crippen LogP contribution in [-0.4, -0.2) is 44.0 Å². The fraction of sp³-hybridized carbons (Fsp3) is 0.381. The number of hydrogen-bond acceptors (Lipinski definition) is 5. The van der Waals surface area contributed by atoms with Gasteiger partial charge in [-0.05, 0) is 37.1 Å². The molecule has 9 heteroatoms. The topological polar surface area (TPSA) is 79.0 Å². The van der Waals surface area contributed by atoms with Crippen molar-refractivity contribution in [1.82, 2.24) is 5.32 Å². The molecule has 158 valence electrons. The average molecular weight is 448 g/mol. The number of carbonyl (C=O) groups excluding carboxylic acids is 3. The maximum Gasteiger partial charge on any atom is 0.261 e. The number of amides is 3. The number of hydrogen-bond donors (Lipinski definition) is 1. The van der Waals surface area contributed by atoms with Crippen molar-refractivity contribution in [3.8, 4) is 5.75 Å². The predicted octanol–water partition coefficient (Wildman–Crippen LogP) is 3.46. The zero-order valence-corrected chi connectivity index (χ0v) is 18.1. The Bertz CT molecular complexity index is 992. The maximum atomic E-state index is 12.6. The van der Waals surface area contributed by atoms with E-state index in [-0.39, 0.29) is 30.2 Å². The number of ether oxygens (including phenoxy) is 1. The fourth-order valence-electron chi connectivity index (χ4n) is 3.86. The summed E-state index contributed by atoms with van der Waals surface area (Å²) in [6.45, 7) is 1.03. The Balaban J connectivity index is 1.49. The van der Waals surface area contributed by atoms with Gasteiger partial charge >= 0.3 is 0 Å². The van der Waals surface area contributed by atoms with Gasteiger partial charge in [0.1, 0.15) is 5.75 Å². The number of methoxy groups -OCH3 is 1. The molecule has 0 aliphatic carbocycles. The number of thiophene rings is 1. The molecule has 2 saturated heterocycles. The first-order chi connectivity index (χ1) is 14.5. The maximum absolute atomic E-state index is 12.6. The first-order valence-electron chi connectivity index (χ1n) is 9.81. The van der Waals surface area contributed by atoms with E-state index in [1.165, 1.54) is 11.3 Å². The lowest BCUT2D eigenvalue weighted by Crippen LogP contribution is -2.37. The zero-order valence-electron chi connectivity index (χ0n) is 16.5. The standard InChI is InChI=1S/C21H22ClN3O4S/c1-29-16-11-14(5-6-15(16)24-9-3-2-4-19(24)26)25-12-13(10-20(25)27)23-21(28)17-7-8-18(22)30-17/h5-8,11,13H,2-4,9-10,12H2,1H3,(H,23,28)/t13-/m1/s1.